The lowest BCUT2D eigenvalue weighted by Gasteiger charge is -2.25. The van der Waals surface area contributed by atoms with Crippen LogP contribution in [0.3, 0.4) is 0 Å². The van der Waals surface area contributed by atoms with Crippen molar-refractivity contribution in [1.29, 1.82) is 0 Å². The minimum absolute atomic E-state index is 0.00268. The van der Waals surface area contributed by atoms with E-state index in [0.29, 0.717) is 10.8 Å². The van der Waals surface area contributed by atoms with E-state index in [-0.39, 0.29) is 24.2 Å². The molecule has 0 bridgehead atoms. The third kappa shape index (κ3) is 5.78. The summed E-state index contributed by atoms with van der Waals surface area (Å²) >= 11 is 1.34. The van der Waals surface area contributed by atoms with Gasteiger partial charge in [0.05, 0.1) is 19.2 Å². The number of ether oxygens (including phenoxy) is 2. The van der Waals surface area contributed by atoms with E-state index in [2.05, 4.69) is 20.6 Å². The summed E-state index contributed by atoms with van der Waals surface area (Å²) in [4.78, 5) is 44.1. The molecule has 11 heteroatoms. The van der Waals surface area contributed by atoms with Gasteiger partial charge in [-0.05, 0) is 20.8 Å². The molecule has 2 rings (SSSR count). The van der Waals surface area contributed by atoms with E-state index < -0.39 is 29.7 Å². The Bertz CT molecular complexity index is 810. The van der Waals surface area contributed by atoms with Crippen molar-refractivity contribution in [1.82, 2.24) is 15.6 Å². The zero-order valence-corrected chi connectivity index (χ0v) is 16.8. The van der Waals surface area contributed by atoms with E-state index in [1.165, 1.54) is 18.4 Å². The van der Waals surface area contributed by atoms with Crippen LogP contribution in [-0.4, -0.2) is 59.3 Å². The number of alkyl carbamates (subject to hydrolysis) is 1. The van der Waals surface area contributed by atoms with Crippen LogP contribution in [0, 0.1) is 0 Å². The SMILES string of the molecule is COC(=O)C1=C(C[C@H](NC(=O)OC(C)(C)C)C(=O)O)NC(c2nccs2)=NC1. The van der Waals surface area contributed by atoms with Gasteiger partial charge in [0.15, 0.2) is 10.8 Å². The summed E-state index contributed by atoms with van der Waals surface area (Å²) in [5.74, 6) is -1.49. The van der Waals surface area contributed by atoms with Gasteiger partial charge in [-0.15, -0.1) is 11.3 Å². The van der Waals surface area contributed by atoms with Crippen LogP contribution >= 0.6 is 11.3 Å². The number of nitrogens with zero attached hydrogens (tertiary/aromatic N) is 2. The topological polar surface area (TPSA) is 139 Å². The molecule has 0 radical (unpaired) electrons. The fourth-order valence-corrected chi connectivity index (χ4v) is 2.91. The average Bonchev–Trinajstić information content (AvgIpc) is 3.13. The van der Waals surface area contributed by atoms with Crippen LogP contribution in [0.25, 0.3) is 0 Å². The van der Waals surface area contributed by atoms with E-state index in [1.54, 1.807) is 32.3 Å². The maximum atomic E-state index is 12.1. The molecule has 0 fully saturated rings. The van der Waals surface area contributed by atoms with Crippen LogP contribution < -0.4 is 10.6 Å². The van der Waals surface area contributed by atoms with Crippen molar-refractivity contribution >= 4 is 35.2 Å². The quantitative estimate of drug-likeness (QED) is 0.596. The number of carbonyl (C=O) groups is 3. The maximum Gasteiger partial charge on any atom is 0.408 e. The highest BCUT2D eigenvalue weighted by Crippen LogP contribution is 2.19. The number of carboxylic acid groups (broad SMARTS) is 1. The van der Waals surface area contributed by atoms with Crippen LogP contribution in [0.2, 0.25) is 0 Å². The van der Waals surface area contributed by atoms with E-state index >= 15 is 0 Å². The lowest BCUT2D eigenvalue weighted by molar-refractivity contribution is -0.140. The van der Waals surface area contributed by atoms with Gasteiger partial charge in [-0.25, -0.2) is 19.4 Å². The highest BCUT2D eigenvalue weighted by atomic mass is 32.1. The van der Waals surface area contributed by atoms with Crippen molar-refractivity contribution in [2.24, 2.45) is 4.99 Å². The normalized spacial score (nSPS) is 15.2. The number of aliphatic carboxylic acids is 1. The fraction of sp³-hybridized carbons (Fsp3) is 0.471. The summed E-state index contributed by atoms with van der Waals surface area (Å²) in [6.45, 7) is 5.00. The number of aromatic nitrogens is 1. The van der Waals surface area contributed by atoms with E-state index in [4.69, 9.17) is 9.47 Å². The van der Waals surface area contributed by atoms with Crippen molar-refractivity contribution in [3.8, 4) is 0 Å². The Kier molecular flexibility index (Phi) is 6.73. The van der Waals surface area contributed by atoms with Crippen molar-refractivity contribution < 1.29 is 29.0 Å². The van der Waals surface area contributed by atoms with Crippen LogP contribution in [0.5, 0.6) is 0 Å². The Morgan fingerprint density at radius 2 is 2.11 bits per heavy atom. The fourth-order valence-electron chi connectivity index (χ4n) is 2.31. The number of aliphatic imine (C=N–C) groups is 1. The van der Waals surface area contributed by atoms with Gasteiger partial charge in [-0.1, -0.05) is 0 Å². The van der Waals surface area contributed by atoms with Gasteiger partial charge < -0.3 is 25.2 Å². The molecule has 1 aliphatic heterocycles. The lowest BCUT2D eigenvalue weighted by Crippen LogP contribution is -2.45. The number of carbonyl (C=O) groups excluding carboxylic acids is 2. The summed E-state index contributed by atoms with van der Waals surface area (Å²) in [5, 5.41) is 17.1. The van der Waals surface area contributed by atoms with Crippen LogP contribution in [-0.2, 0) is 19.1 Å². The zero-order chi connectivity index (χ0) is 20.9. The molecule has 1 amide bonds. The monoisotopic (exact) mass is 410 g/mol. The smallest absolute Gasteiger partial charge is 0.408 e. The summed E-state index contributed by atoms with van der Waals surface area (Å²) in [6.07, 6.45) is 0.543. The first-order chi connectivity index (χ1) is 13.1. The molecule has 1 aromatic rings. The number of hydrogen-bond acceptors (Lipinski definition) is 9. The number of hydrogen-bond donors (Lipinski definition) is 3. The van der Waals surface area contributed by atoms with E-state index in [9.17, 15) is 19.5 Å². The highest BCUT2D eigenvalue weighted by Gasteiger charge is 2.30. The number of carboxylic acids is 1. The molecular weight excluding hydrogens is 388 g/mol. The molecule has 0 saturated heterocycles. The molecule has 10 nitrogen and oxygen atoms in total. The van der Waals surface area contributed by atoms with E-state index in [1.807, 2.05) is 0 Å². The molecule has 2 heterocycles. The second-order valence-electron chi connectivity index (χ2n) is 6.82. The second kappa shape index (κ2) is 8.83. The number of nitrogens with one attached hydrogen (secondary N) is 2. The number of amidine groups is 1. The first-order valence-corrected chi connectivity index (χ1v) is 9.22. The molecule has 0 spiro atoms. The molecule has 28 heavy (non-hydrogen) atoms. The largest absolute Gasteiger partial charge is 0.480 e. The summed E-state index contributed by atoms with van der Waals surface area (Å²) in [5.41, 5.74) is -0.312. The first-order valence-electron chi connectivity index (χ1n) is 8.34. The number of thiazole rings is 1. The molecule has 1 aromatic heterocycles. The van der Waals surface area contributed by atoms with Gasteiger partial charge in [0.25, 0.3) is 0 Å². The predicted molar refractivity (Wildman–Crippen MR) is 101 cm³/mol. The minimum atomic E-state index is -1.33. The molecule has 0 aromatic carbocycles. The average molecular weight is 410 g/mol. The molecule has 0 unspecified atom stereocenters. The summed E-state index contributed by atoms with van der Waals surface area (Å²) in [7, 11) is 1.22. The molecule has 0 saturated carbocycles. The molecule has 152 valence electrons. The van der Waals surface area contributed by atoms with Gasteiger partial charge in [-0.3, -0.25) is 4.99 Å². The van der Waals surface area contributed by atoms with Crippen molar-refractivity contribution in [3.63, 3.8) is 0 Å². The zero-order valence-electron chi connectivity index (χ0n) is 15.9. The number of methoxy groups -OCH3 is 1. The Labute approximate surface area is 165 Å². The first kappa shape index (κ1) is 21.4. The number of esters is 1. The molecular formula is C17H22N4O6S. The Morgan fingerprint density at radius 3 is 2.64 bits per heavy atom. The van der Waals surface area contributed by atoms with Crippen molar-refractivity contribution in [3.05, 3.63) is 27.9 Å². The standard InChI is InChI=1S/C17H22N4O6S/c1-17(2,3)27-16(25)21-11(14(22)23)7-10-9(15(24)26-4)8-19-12(20-10)13-18-5-6-28-13/h5-6,11H,7-8H2,1-4H3,(H,19,20)(H,21,25)(H,22,23)/t11-/m0/s1. The van der Waals surface area contributed by atoms with Crippen molar-refractivity contribution in [2.45, 2.75) is 38.8 Å². The lowest BCUT2D eigenvalue weighted by atomic mass is 10.0. The van der Waals surface area contributed by atoms with Gasteiger partial charge in [-0.2, -0.15) is 0 Å². The maximum absolute atomic E-state index is 12.1. The van der Waals surface area contributed by atoms with Gasteiger partial charge in [0.2, 0.25) is 0 Å². The van der Waals surface area contributed by atoms with E-state index in [0.717, 1.165) is 0 Å². The Hall–Kier alpha value is -2.95. The summed E-state index contributed by atoms with van der Waals surface area (Å²) < 4.78 is 9.87. The van der Waals surface area contributed by atoms with Gasteiger partial charge in [0, 0.05) is 23.7 Å². The minimum Gasteiger partial charge on any atom is -0.480 e. The molecule has 0 aliphatic carbocycles. The predicted octanol–water partition coefficient (Wildman–Crippen LogP) is 1.29. The highest BCUT2D eigenvalue weighted by molar-refractivity contribution is 7.11. The molecule has 3 N–H and O–H groups in total. The number of amides is 1. The van der Waals surface area contributed by atoms with Crippen LogP contribution in [0.4, 0.5) is 4.79 Å². The van der Waals surface area contributed by atoms with Crippen LogP contribution in [0.15, 0.2) is 27.8 Å². The van der Waals surface area contributed by atoms with Crippen molar-refractivity contribution in [2.75, 3.05) is 13.7 Å². The van der Waals surface area contributed by atoms with Crippen LogP contribution in [0.1, 0.15) is 32.2 Å². The second-order valence-corrected chi connectivity index (χ2v) is 7.71. The third-order valence-corrected chi connectivity index (χ3v) is 4.27. The Morgan fingerprint density at radius 1 is 1.39 bits per heavy atom. The third-order valence-electron chi connectivity index (χ3n) is 3.49. The summed E-state index contributed by atoms with van der Waals surface area (Å²) in [6, 6.07) is -1.33. The molecule has 1 aliphatic rings. The Balaban J connectivity index is 2.22. The van der Waals surface area contributed by atoms with Gasteiger partial charge in [0.1, 0.15) is 11.6 Å². The molecule has 1 atom stereocenters. The van der Waals surface area contributed by atoms with Gasteiger partial charge >= 0.3 is 18.0 Å². The number of rotatable bonds is 6.